The summed E-state index contributed by atoms with van der Waals surface area (Å²) in [5.41, 5.74) is 0. The van der Waals surface area contributed by atoms with E-state index in [4.69, 9.17) is 9.47 Å². The third-order valence-electron chi connectivity index (χ3n) is 2.48. The molecule has 3 nitrogen and oxygen atoms in total. The van der Waals surface area contributed by atoms with Crippen LogP contribution in [0.1, 0.15) is 40.5 Å². The maximum atomic E-state index is 5.61. The topological polar surface area (TPSA) is 30.5 Å². The fourth-order valence-electron chi connectivity index (χ4n) is 1.39. The summed E-state index contributed by atoms with van der Waals surface area (Å²) in [7, 11) is 0. The normalized spacial score (nSPS) is 13.3. The van der Waals surface area contributed by atoms with Crippen LogP contribution in [0.15, 0.2) is 0 Å². The van der Waals surface area contributed by atoms with Gasteiger partial charge in [0.25, 0.3) is 0 Å². The van der Waals surface area contributed by atoms with E-state index in [9.17, 15) is 0 Å². The van der Waals surface area contributed by atoms with Crippen LogP contribution in [0.4, 0.5) is 0 Å². The summed E-state index contributed by atoms with van der Waals surface area (Å²) < 4.78 is 11.0. The first kappa shape index (κ1) is 15.9. The first-order valence-electron chi connectivity index (χ1n) is 6.61. The van der Waals surface area contributed by atoms with Gasteiger partial charge in [0.1, 0.15) is 0 Å². The second-order valence-electron chi connectivity index (χ2n) is 4.49. The second kappa shape index (κ2) is 11.4. The minimum Gasteiger partial charge on any atom is -0.379 e. The molecule has 0 saturated carbocycles. The van der Waals surface area contributed by atoms with Crippen LogP contribution in [0, 0.1) is 5.92 Å². The van der Waals surface area contributed by atoms with Gasteiger partial charge in [-0.2, -0.15) is 0 Å². The van der Waals surface area contributed by atoms with Gasteiger partial charge in [-0.05, 0) is 25.3 Å². The second-order valence-corrected chi connectivity index (χ2v) is 4.49. The molecule has 1 unspecified atom stereocenters. The van der Waals surface area contributed by atoms with Crippen LogP contribution in [0.3, 0.4) is 0 Å². The molecule has 3 heteroatoms. The predicted molar refractivity (Wildman–Crippen MR) is 68.8 cm³/mol. The lowest BCUT2D eigenvalue weighted by atomic mass is 10.1. The van der Waals surface area contributed by atoms with E-state index in [1.165, 1.54) is 6.42 Å². The van der Waals surface area contributed by atoms with Crippen molar-refractivity contribution in [3.8, 4) is 0 Å². The molecule has 0 aliphatic heterocycles. The summed E-state index contributed by atoms with van der Waals surface area (Å²) in [6, 6.07) is 0.464. The van der Waals surface area contributed by atoms with Crippen molar-refractivity contribution in [3.05, 3.63) is 0 Å². The Balaban J connectivity index is 3.44. The van der Waals surface area contributed by atoms with E-state index >= 15 is 0 Å². The molecule has 0 aromatic carbocycles. The van der Waals surface area contributed by atoms with Crippen molar-refractivity contribution in [2.24, 2.45) is 5.92 Å². The Hall–Kier alpha value is -0.120. The SMILES string of the molecule is CCCNC(COCCOCCC)C(C)C. The quantitative estimate of drug-likeness (QED) is 0.554. The highest BCUT2D eigenvalue weighted by Crippen LogP contribution is 2.02. The van der Waals surface area contributed by atoms with Crippen LogP contribution >= 0.6 is 0 Å². The van der Waals surface area contributed by atoms with Crippen LogP contribution in [-0.4, -0.2) is 39.0 Å². The van der Waals surface area contributed by atoms with Crippen molar-refractivity contribution < 1.29 is 9.47 Å². The molecule has 0 aromatic heterocycles. The molecule has 0 aromatic rings. The molecule has 0 amide bonds. The van der Waals surface area contributed by atoms with Crippen molar-refractivity contribution in [2.75, 3.05) is 33.0 Å². The van der Waals surface area contributed by atoms with E-state index in [1.807, 2.05) is 0 Å². The standard InChI is InChI=1S/C13H29NO2/c1-5-7-14-13(12(3)4)11-16-10-9-15-8-6-2/h12-14H,5-11H2,1-4H3. The van der Waals surface area contributed by atoms with Gasteiger partial charge < -0.3 is 14.8 Å². The van der Waals surface area contributed by atoms with E-state index in [-0.39, 0.29) is 0 Å². The number of hydrogen-bond acceptors (Lipinski definition) is 3. The number of nitrogens with one attached hydrogen (secondary N) is 1. The minimum absolute atomic E-state index is 0.464. The molecule has 1 atom stereocenters. The maximum Gasteiger partial charge on any atom is 0.0701 e. The third kappa shape index (κ3) is 9.13. The predicted octanol–water partition coefficient (Wildman–Crippen LogP) is 2.45. The Morgan fingerprint density at radius 3 is 2.19 bits per heavy atom. The van der Waals surface area contributed by atoms with Gasteiger partial charge in [0.15, 0.2) is 0 Å². The average Bonchev–Trinajstić information content (AvgIpc) is 2.26. The molecular formula is C13H29NO2. The molecular weight excluding hydrogens is 202 g/mol. The largest absolute Gasteiger partial charge is 0.379 e. The molecule has 16 heavy (non-hydrogen) atoms. The van der Waals surface area contributed by atoms with Gasteiger partial charge in [-0.3, -0.25) is 0 Å². The lowest BCUT2D eigenvalue weighted by molar-refractivity contribution is 0.0342. The molecule has 0 spiro atoms. The van der Waals surface area contributed by atoms with Gasteiger partial charge in [0.05, 0.1) is 19.8 Å². The first-order chi connectivity index (χ1) is 7.72. The molecule has 98 valence electrons. The van der Waals surface area contributed by atoms with Gasteiger partial charge in [-0.15, -0.1) is 0 Å². The molecule has 0 saturated heterocycles. The summed E-state index contributed by atoms with van der Waals surface area (Å²) in [5, 5.41) is 3.51. The van der Waals surface area contributed by atoms with E-state index in [2.05, 4.69) is 33.0 Å². The highest BCUT2D eigenvalue weighted by Gasteiger charge is 2.11. The van der Waals surface area contributed by atoms with Gasteiger partial charge in [-0.1, -0.05) is 27.7 Å². The number of rotatable bonds is 11. The van der Waals surface area contributed by atoms with Crippen LogP contribution in [0.2, 0.25) is 0 Å². The van der Waals surface area contributed by atoms with Crippen molar-refractivity contribution in [1.29, 1.82) is 0 Å². The average molecular weight is 231 g/mol. The molecule has 0 heterocycles. The van der Waals surface area contributed by atoms with E-state index in [0.717, 1.165) is 26.2 Å². The summed E-state index contributed by atoms with van der Waals surface area (Å²) >= 11 is 0. The van der Waals surface area contributed by atoms with Crippen LogP contribution in [0.5, 0.6) is 0 Å². The smallest absolute Gasteiger partial charge is 0.0701 e. The molecule has 1 N–H and O–H groups in total. The van der Waals surface area contributed by atoms with E-state index in [1.54, 1.807) is 0 Å². The zero-order chi connectivity index (χ0) is 12.2. The van der Waals surface area contributed by atoms with E-state index < -0.39 is 0 Å². The van der Waals surface area contributed by atoms with Crippen LogP contribution < -0.4 is 5.32 Å². The Morgan fingerprint density at radius 1 is 0.938 bits per heavy atom. The molecule has 0 aliphatic carbocycles. The lowest BCUT2D eigenvalue weighted by Crippen LogP contribution is -2.38. The monoisotopic (exact) mass is 231 g/mol. The molecule has 0 aliphatic rings. The number of ether oxygens (including phenoxy) is 2. The maximum absolute atomic E-state index is 5.61. The number of hydrogen-bond donors (Lipinski definition) is 1. The fraction of sp³-hybridized carbons (Fsp3) is 1.00. The minimum atomic E-state index is 0.464. The summed E-state index contributed by atoms with van der Waals surface area (Å²) in [5.74, 6) is 0.614. The van der Waals surface area contributed by atoms with E-state index in [0.29, 0.717) is 25.2 Å². The third-order valence-corrected chi connectivity index (χ3v) is 2.48. The lowest BCUT2D eigenvalue weighted by Gasteiger charge is -2.22. The Kier molecular flexibility index (Phi) is 11.3. The van der Waals surface area contributed by atoms with Gasteiger partial charge in [0, 0.05) is 12.6 Å². The van der Waals surface area contributed by atoms with Crippen molar-refractivity contribution in [2.45, 2.75) is 46.6 Å². The zero-order valence-electron chi connectivity index (χ0n) is 11.4. The summed E-state index contributed by atoms with van der Waals surface area (Å²) in [6.07, 6.45) is 2.25. The zero-order valence-corrected chi connectivity index (χ0v) is 11.4. The van der Waals surface area contributed by atoms with Gasteiger partial charge in [-0.25, -0.2) is 0 Å². The highest BCUT2D eigenvalue weighted by atomic mass is 16.5. The molecule has 0 radical (unpaired) electrons. The molecule has 0 bridgehead atoms. The summed E-state index contributed by atoms with van der Waals surface area (Å²) in [6.45, 7) is 12.9. The fourth-order valence-corrected chi connectivity index (χ4v) is 1.39. The molecule has 0 fully saturated rings. The Labute approximate surface area is 101 Å². The van der Waals surface area contributed by atoms with Crippen molar-refractivity contribution in [1.82, 2.24) is 5.32 Å². The van der Waals surface area contributed by atoms with Crippen molar-refractivity contribution in [3.63, 3.8) is 0 Å². The first-order valence-corrected chi connectivity index (χ1v) is 6.61. The van der Waals surface area contributed by atoms with Gasteiger partial charge >= 0.3 is 0 Å². The Bertz CT molecular complexity index is 140. The van der Waals surface area contributed by atoms with Crippen molar-refractivity contribution >= 4 is 0 Å². The highest BCUT2D eigenvalue weighted by molar-refractivity contribution is 4.69. The van der Waals surface area contributed by atoms with Crippen LogP contribution in [-0.2, 0) is 9.47 Å². The van der Waals surface area contributed by atoms with Crippen LogP contribution in [0.25, 0.3) is 0 Å². The summed E-state index contributed by atoms with van der Waals surface area (Å²) in [4.78, 5) is 0. The van der Waals surface area contributed by atoms with Gasteiger partial charge in [0.2, 0.25) is 0 Å². The molecule has 0 rings (SSSR count). The Morgan fingerprint density at radius 2 is 1.62 bits per heavy atom.